The number of likely N-dealkylation sites (N-methyl/N-ethyl adjacent to an activating group) is 1. The van der Waals surface area contributed by atoms with E-state index in [1.807, 2.05) is 34.1 Å². The topological polar surface area (TPSA) is 61.9 Å². The van der Waals surface area contributed by atoms with E-state index in [1.54, 1.807) is 7.05 Å². The standard InChI is InChI=1S/C16H21N3O3/c1-17-16(21)14-10-19(11-15(20)18-8-4-5-9-18)12-6-2-3-7-13(12)22-14/h2-3,6-7,14H,4-5,8-11H2,1H3,(H,17,21)/t14-/m0/s1. The molecule has 0 unspecified atom stereocenters. The molecule has 0 aromatic heterocycles. The molecule has 118 valence electrons. The molecule has 22 heavy (non-hydrogen) atoms. The number of benzene rings is 1. The predicted octanol–water partition coefficient (Wildman–Crippen LogP) is 0.622. The van der Waals surface area contributed by atoms with E-state index >= 15 is 0 Å². The maximum Gasteiger partial charge on any atom is 0.262 e. The first kappa shape index (κ1) is 14.7. The van der Waals surface area contributed by atoms with Crippen LogP contribution in [0.25, 0.3) is 0 Å². The molecule has 1 atom stereocenters. The van der Waals surface area contributed by atoms with Gasteiger partial charge >= 0.3 is 0 Å². The fraction of sp³-hybridized carbons (Fsp3) is 0.500. The van der Waals surface area contributed by atoms with Crippen LogP contribution in [0, 0.1) is 0 Å². The van der Waals surface area contributed by atoms with E-state index in [2.05, 4.69) is 5.32 Å². The molecule has 1 aromatic carbocycles. The van der Waals surface area contributed by atoms with Gasteiger partial charge in [-0.3, -0.25) is 9.59 Å². The van der Waals surface area contributed by atoms with Gasteiger partial charge in [-0.2, -0.15) is 0 Å². The molecule has 2 aliphatic heterocycles. The normalized spacial score (nSPS) is 20.3. The van der Waals surface area contributed by atoms with E-state index < -0.39 is 6.10 Å². The summed E-state index contributed by atoms with van der Waals surface area (Å²) < 4.78 is 5.74. The smallest absolute Gasteiger partial charge is 0.262 e. The number of rotatable bonds is 3. The quantitative estimate of drug-likeness (QED) is 0.889. The van der Waals surface area contributed by atoms with Gasteiger partial charge in [-0.25, -0.2) is 0 Å². The molecule has 0 spiro atoms. The number of hydrogen-bond acceptors (Lipinski definition) is 4. The molecular weight excluding hydrogens is 282 g/mol. The molecular formula is C16H21N3O3. The van der Waals surface area contributed by atoms with E-state index in [0.717, 1.165) is 31.6 Å². The van der Waals surface area contributed by atoms with Crippen LogP contribution in [0.5, 0.6) is 5.75 Å². The van der Waals surface area contributed by atoms with E-state index in [4.69, 9.17) is 4.74 Å². The summed E-state index contributed by atoms with van der Waals surface area (Å²) >= 11 is 0. The van der Waals surface area contributed by atoms with Gasteiger partial charge in [-0.15, -0.1) is 0 Å². The van der Waals surface area contributed by atoms with E-state index in [9.17, 15) is 9.59 Å². The summed E-state index contributed by atoms with van der Waals surface area (Å²) in [5, 5.41) is 2.61. The second-order valence-electron chi connectivity index (χ2n) is 5.66. The number of likely N-dealkylation sites (tertiary alicyclic amines) is 1. The minimum absolute atomic E-state index is 0.116. The third-order valence-electron chi connectivity index (χ3n) is 4.19. The summed E-state index contributed by atoms with van der Waals surface area (Å²) in [6.07, 6.45) is 1.56. The lowest BCUT2D eigenvalue weighted by atomic mass is 10.1. The van der Waals surface area contributed by atoms with Gasteiger partial charge in [0.15, 0.2) is 6.10 Å². The number of nitrogens with one attached hydrogen (secondary N) is 1. The third-order valence-corrected chi connectivity index (χ3v) is 4.19. The van der Waals surface area contributed by atoms with Crippen LogP contribution in [0.3, 0.4) is 0 Å². The Morgan fingerprint density at radius 1 is 1.27 bits per heavy atom. The largest absolute Gasteiger partial charge is 0.477 e. The van der Waals surface area contributed by atoms with Crippen molar-refractivity contribution in [2.45, 2.75) is 18.9 Å². The van der Waals surface area contributed by atoms with Gasteiger partial charge in [0.1, 0.15) is 5.75 Å². The first-order valence-electron chi connectivity index (χ1n) is 7.69. The van der Waals surface area contributed by atoms with Crippen molar-refractivity contribution >= 4 is 17.5 Å². The molecule has 1 aromatic rings. The maximum absolute atomic E-state index is 12.4. The molecule has 1 N–H and O–H groups in total. The van der Waals surface area contributed by atoms with E-state index in [-0.39, 0.29) is 18.4 Å². The average molecular weight is 303 g/mol. The molecule has 0 saturated carbocycles. The number of para-hydroxylation sites is 2. The van der Waals surface area contributed by atoms with Crippen molar-refractivity contribution in [1.82, 2.24) is 10.2 Å². The van der Waals surface area contributed by atoms with Crippen LogP contribution in [-0.2, 0) is 9.59 Å². The van der Waals surface area contributed by atoms with Gasteiger partial charge < -0.3 is 19.9 Å². The number of ether oxygens (including phenoxy) is 1. The van der Waals surface area contributed by atoms with Gasteiger partial charge in [-0.1, -0.05) is 12.1 Å². The van der Waals surface area contributed by atoms with Gasteiger partial charge in [0.05, 0.1) is 18.8 Å². The van der Waals surface area contributed by atoms with Gasteiger partial charge in [-0.05, 0) is 25.0 Å². The number of nitrogens with zero attached hydrogens (tertiary/aromatic N) is 2. The summed E-state index contributed by atoms with van der Waals surface area (Å²) in [6.45, 7) is 2.34. The Bertz CT molecular complexity index is 570. The highest BCUT2D eigenvalue weighted by Gasteiger charge is 2.32. The zero-order chi connectivity index (χ0) is 15.5. The van der Waals surface area contributed by atoms with Crippen molar-refractivity contribution < 1.29 is 14.3 Å². The Kier molecular flexibility index (Phi) is 4.18. The van der Waals surface area contributed by atoms with Crippen molar-refractivity contribution in [3.8, 4) is 5.75 Å². The number of fused-ring (bicyclic) bond motifs is 1. The molecule has 2 amide bonds. The molecule has 0 radical (unpaired) electrons. The molecule has 1 saturated heterocycles. The van der Waals surface area contributed by atoms with Crippen LogP contribution in [0.4, 0.5) is 5.69 Å². The summed E-state index contributed by atoms with van der Waals surface area (Å²) in [4.78, 5) is 28.2. The molecule has 0 aliphatic carbocycles. The second kappa shape index (κ2) is 6.25. The number of amides is 2. The minimum atomic E-state index is -0.591. The number of carbonyl (C=O) groups excluding carboxylic acids is 2. The lowest BCUT2D eigenvalue weighted by Gasteiger charge is -2.35. The summed E-state index contributed by atoms with van der Waals surface area (Å²) in [5.41, 5.74) is 0.871. The molecule has 6 nitrogen and oxygen atoms in total. The van der Waals surface area contributed by atoms with Crippen LogP contribution < -0.4 is 15.0 Å². The average Bonchev–Trinajstić information content (AvgIpc) is 3.08. The Balaban J connectivity index is 1.78. The Morgan fingerprint density at radius 2 is 2.00 bits per heavy atom. The van der Waals surface area contributed by atoms with Crippen LogP contribution in [-0.4, -0.2) is 56.0 Å². The molecule has 2 aliphatic rings. The zero-order valence-corrected chi connectivity index (χ0v) is 12.7. The van der Waals surface area contributed by atoms with Crippen LogP contribution in [0.15, 0.2) is 24.3 Å². The first-order chi connectivity index (χ1) is 10.7. The minimum Gasteiger partial charge on any atom is -0.477 e. The monoisotopic (exact) mass is 303 g/mol. The maximum atomic E-state index is 12.4. The van der Waals surface area contributed by atoms with Gasteiger partial charge in [0.25, 0.3) is 5.91 Å². The van der Waals surface area contributed by atoms with Crippen molar-refractivity contribution in [2.75, 3.05) is 38.1 Å². The number of carbonyl (C=O) groups is 2. The molecule has 3 rings (SSSR count). The van der Waals surface area contributed by atoms with Crippen molar-refractivity contribution in [3.63, 3.8) is 0 Å². The van der Waals surface area contributed by atoms with Gasteiger partial charge in [0.2, 0.25) is 5.91 Å². The summed E-state index contributed by atoms with van der Waals surface area (Å²) in [6, 6.07) is 7.53. The zero-order valence-electron chi connectivity index (χ0n) is 12.7. The van der Waals surface area contributed by atoms with Crippen LogP contribution in [0.2, 0.25) is 0 Å². The highest BCUT2D eigenvalue weighted by Crippen LogP contribution is 2.33. The van der Waals surface area contributed by atoms with Crippen molar-refractivity contribution in [3.05, 3.63) is 24.3 Å². The molecule has 1 fully saturated rings. The van der Waals surface area contributed by atoms with E-state index in [1.165, 1.54) is 0 Å². The van der Waals surface area contributed by atoms with Crippen molar-refractivity contribution in [2.24, 2.45) is 0 Å². The van der Waals surface area contributed by atoms with E-state index in [0.29, 0.717) is 12.3 Å². The number of hydrogen-bond donors (Lipinski definition) is 1. The SMILES string of the molecule is CNC(=O)[C@@H]1CN(CC(=O)N2CCCC2)c2ccccc2O1. The second-order valence-corrected chi connectivity index (χ2v) is 5.66. The fourth-order valence-corrected chi connectivity index (χ4v) is 2.98. The summed E-state index contributed by atoms with van der Waals surface area (Å²) in [7, 11) is 1.59. The van der Waals surface area contributed by atoms with Crippen molar-refractivity contribution in [1.29, 1.82) is 0 Å². The van der Waals surface area contributed by atoms with Crippen LogP contribution in [0.1, 0.15) is 12.8 Å². The predicted molar refractivity (Wildman–Crippen MR) is 83.0 cm³/mol. The van der Waals surface area contributed by atoms with Crippen LogP contribution >= 0.6 is 0 Å². The van der Waals surface area contributed by atoms with Gasteiger partial charge in [0, 0.05) is 20.1 Å². The molecule has 2 heterocycles. The lowest BCUT2D eigenvalue weighted by molar-refractivity contribution is -0.130. The highest BCUT2D eigenvalue weighted by atomic mass is 16.5. The first-order valence-corrected chi connectivity index (χ1v) is 7.69. The Hall–Kier alpha value is -2.24. The Labute approximate surface area is 130 Å². The Morgan fingerprint density at radius 3 is 2.73 bits per heavy atom. The summed E-state index contributed by atoms with van der Waals surface area (Å²) in [5.74, 6) is 0.592. The molecule has 6 heteroatoms. The highest BCUT2D eigenvalue weighted by molar-refractivity contribution is 5.86. The molecule has 0 bridgehead atoms. The third kappa shape index (κ3) is 2.86. The fourth-order valence-electron chi connectivity index (χ4n) is 2.98. The number of anilines is 1. The lowest BCUT2D eigenvalue weighted by Crippen LogP contribution is -2.50.